The molecule has 0 atom stereocenters. The van der Waals surface area contributed by atoms with Gasteiger partial charge in [0.25, 0.3) is 0 Å². The number of rotatable bonds is 3. The van der Waals surface area contributed by atoms with Crippen molar-refractivity contribution < 1.29 is 23.1 Å². The molecule has 0 aliphatic rings. The molecular formula is C21H16F3NO2S. The normalized spacial score (nSPS) is 12.2. The number of aromatic nitrogens is 1. The van der Waals surface area contributed by atoms with Crippen molar-refractivity contribution in [2.24, 2.45) is 0 Å². The highest BCUT2D eigenvalue weighted by atomic mass is 32.1. The Morgan fingerprint density at radius 1 is 1.11 bits per heavy atom. The quantitative estimate of drug-likeness (QED) is 0.440. The van der Waals surface area contributed by atoms with Crippen LogP contribution in [0.2, 0.25) is 0 Å². The van der Waals surface area contributed by atoms with E-state index >= 15 is 0 Å². The maximum atomic E-state index is 13.0. The van der Waals surface area contributed by atoms with E-state index in [4.69, 9.17) is 0 Å². The fraction of sp³-hybridized carbons (Fsp3) is 0.190. The predicted octanol–water partition coefficient (Wildman–Crippen LogP) is 6.24. The average Bonchev–Trinajstić information content (AvgIpc) is 3.12. The second kappa shape index (κ2) is 6.38. The summed E-state index contributed by atoms with van der Waals surface area (Å²) in [6.45, 7) is 3.63. The molecule has 0 bridgehead atoms. The summed E-state index contributed by atoms with van der Waals surface area (Å²) < 4.78 is 41.4. The Bertz CT molecular complexity index is 1230. The fourth-order valence-corrected chi connectivity index (χ4v) is 4.66. The van der Waals surface area contributed by atoms with Crippen LogP contribution in [0.4, 0.5) is 13.2 Å². The summed E-state index contributed by atoms with van der Waals surface area (Å²) in [6.07, 6.45) is -4.39. The molecule has 2 aromatic heterocycles. The number of fused-ring (bicyclic) bond motifs is 2. The minimum absolute atomic E-state index is 0.175. The zero-order valence-corrected chi connectivity index (χ0v) is 15.9. The van der Waals surface area contributed by atoms with Crippen LogP contribution in [0.5, 0.6) is 0 Å². The predicted molar refractivity (Wildman–Crippen MR) is 105 cm³/mol. The Kier molecular flexibility index (Phi) is 4.23. The summed E-state index contributed by atoms with van der Waals surface area (Å²) in [5.41, 5.74) is 3.63. The van der Waals surface area contributed by atoms with Gasteiger partial charge < -0.3 is 9.67 Å². The van der Waals surface area contributed by atoms with Gasteiger partial charge in [-0.05, 0) is 43.5 Å². The fourth-order valence-electron chi connectivity index (χ4n) is 3.67. The van der Waals surface area contributed by atoms with Crippen molar-refractivity contribution in [2.75, 3.05) is 0 Å². The average molecular weight is 403 g/mol. The molecule has 4 rings (SSSR count). The van der Waals surface area contributed by atoms with Gasteiger partial charge in [0.2, 0.25) is 0 Å². The minimum atomic E-state index is -4.39. The van der Waals surface area contributed by atoms with Crippen LogP contribution in [-0.2, 0) is 17.5 Å². The third-order valence-electron chi connectivity index (χ3n) is 4.94. The van der Waals surface area contributed by atoms with Gasteiger partial charge in [0.15, 0.2) is 0 Å². The number of carboxylic acid groups (broad SMARTS) is 1. The molecule has 28 heavy (non-hydrogen) atoms. The number of hydrogen-bond acceptors (Lipinski definition) is 2. The number of aryl methyl sites for hydroxylation is 1. The van der Waals surface area contributed by atoms with Gasteiger partial charge >= 0.3 is 12.1 Å². The monoisotopic (exact) mass is 403 g/mol. The molecule has 4 aromatic rings. The van der Waals surface area contributed by atoms with Gasteiger partial charge in [0.05, 0.1) is 5.56 Å². The van der Waals surface area contributed by atoms with Crippen molar-refractivity contribution in [3.63, 3.8) is 0 Å². The summed E-state index contributed by atoms with van der Waals surface area (Å²) in [4.78, 5) is 11.3. The molecule has 2 heterocycles. The van der Waals surface area contributed by atoms with Crippen molar-refractivity contribution in [1.82, 2.24) is 4.57 Å². The minimum Gasteiger partial charge on any atom is -0.480 e. The highest BCUT2D eigenvalue weighted by Crippen LogP contribution is 2.43. The first-order chi connectivity index (χ1) is 13.2. The van der Waals surface area contributed by atoms with E-state index in [0.29, 0.717) is 4.70 Å². The number of alkyl halides is 3. The van der Waals surface area contributed by atoms with Crippen LogP contribution < -0.4 is 0 Å². The summed E-state index contributed by atoms with van der Waals surface area (Å²) in [7, 11) is 0. The zero-order valence-electron chi connectivity index (χ0n) is 15.1. The lowest BCUT2D eigenvalue weighted by atomic mass is 10.00. The van der Waals surface area contributed by atoms with Crippen LogP contribution in [0.25, 0.3) is 32.1 Å². The first kappa shape index (κ1) is 18.6. The number of halogens is 3. The Hall–Kier alpha value is -2.80. The second-order valence-electron chi connectivity index (χ2n) is 6.82. The van der Waals surface area contributed by atoms with Gasteiger partial charge in [-0.2, -0.15) is 13.2 Å². The lowest BCUT2D eigenvalue weighted by Crippen LogP contribution is -2.09. The zero-order chi connectivity index (χ0) is 20.2. The lowest BCUT2D eigenvalue weighted by molar-refractivity contribution is -0.138. The van der Waals surface area contributed by atoms with E-state index in [1.54, 1.807) is 4.57 Å². The molecule has 144 valence electrons. The number of carboxylic acids is 1. The van der Waals surface area contributed by atoms with E-state index in [1.807, 2.05) is 37.4 Å². The summed E-state index contributed by atoms with van der Waals surface area (Å²) >= 11 is 1.26. The van der Waals surface area contributed by atoms with Crippen LogP contribution in [-0.4, -0.2) is 15.6 Å². The van der Waals surface area contributed by atoms with Crippen molar-refractivity contribution >= 4 is 38.3 Å². The van der Waals surface area contributed by atoms with Gasteiger partial charge in [-0.3, -0.25) is 4.79 Å². The van der Waals surface area contributed by atoms with Crippen LogP contribution in [0.15, 0.2) is 41.8 Å². The summed E-state index contributed by atoms with van der Waals surface area (Å²) in [6, 6.07) is 9.56. The van der Waals surface area contributed by atoms with Crippen molar-refractivity contribution in [3.8, 4) is 11.1 Å². The molecule has 1 N–H and O–H groups in total. The SMILES string of the molecule is Cc1ccc2c(c1)c(-c1csc3cc(C(F)(F)F)ccc13)c(C)n2CC(=O)O. The number of benzene rings is 2. The Morgan fingerprint density at radius 2 is 1.86 bits per heavy atom. The smallest absolute Gasteiger partial charge is 0.416 e. The van der Waals surface area contributed by atoms with E-state index in [2.05, 4.69) is 0 Å². The van der Waals surface area contributed by atoms with Gasteiger partial charge in [0, 0.05) is 37.8 Å². The second-order valence-corrected chi connectivity index (χ2v) is 7.73. The summed E-state index contributed by atoms with van der Waals surface area (Å²) in [5.74, 6) is -0.947. The molecule has 7 heteroatoms. The van der Waals surface area contributed by atoms with Crippen molar-refractivity contribution in [2.45, 2.75) is 26.6 Å². The molecule has 0 unspecified atom stereocenters. The number of carbonyl (C=O) groups is 1. The molecule has 0 aliphatic carbocycles. The van der Waals surface area contributed by atoms with Gasteiger partial charge in [-0.25, -0.2) is 0 Å². The number of aliphatic carboxylic acids is 1. The highest BCUT2D eigenvalue weighted by Gasteiger charge is 2.31. The maximum Gasteiger partial charge on any atom is 0.416 e. The largest absolute Gasteiger partial charge is 0.480 e. The summed E-state index contributed by atoms with van der Waals surface area (Å²) in [5, 5.41) is 12.8. The molecule has 3 nitrogen and oxygen atoms in total. The Morgan fingerprint density at radius 3 is 2.54 bits per heavy atom. The number of hydrogen-bond donors (Lipinski definition) is 1. The van der Waals surface area contributed by atoms with Crippen LogP contribution >= 0.6 is 11.3 Å². The highest BCUT2D eigenvalue weighted by molar-refractivity contribution is 7.17. The van der Waals surface area contributed by atoms with E-state index in [-0.39, 0.29) is 6.54 Å². The molecule has 0 radical (unpaired) electrons. The van der Waals surface area contributed by atoms with Crippen LogP contribution in [0, 0.1) is 13.8 Å². The van der Waals surface area contributed by atoms with Crippen LogP contribution in [0.1, 0.15) is 16.8 Å². The van der Waals surface area contributed by atoms with Gasteiger partial charge in [0.1, 0.15) is 6.54 Å². The van der Waals surface area contributed by atoms with E-state index in [9.17, 15) is 23.1 Å². The molecule has 0 aliphatic heterocycles. The van der Waals surface area contributed by atoms with Crippen molar-refractivity contribution in [3.05, 3.63) is 58.6 Å². The third-order valence-corrected chi connectivity index (χ3v) is 5.89. The number of nitrogens with zero attached hydrogens (tertiary/aromatic N) is 1. The third kappa shape index (κ3) is 2.96. The first-order valence-corrected chi connectivity index (χ1v) is 9.45. The van der Waals surface area contributed by atoms with E-state index in [0.717, 1.165) is 44.7 Å². The molecule has 0 amide bonds. The van der Waals surface area contributed by atoms with Crippen molar-refractivity contribution in [1.29, 1.82) is 0 Å². The Balaban J connectivity index is 2.00. The molecule has 0 saturated carbocycles. The molecule has 0 saturated heterocycles. The molecule has 0 spiro atoms. The molecular weight excluding hydrogens is 387 g/mol. The first-order valence-electron chi connectivity index (χ1n) is 8.57. The Labute approximate surface area is 162 Å². The van der Waals surface area contributed by atoms with E-state index in [1.165, 1.54) is 23.5 Å². The van der Waals surface area contributed by atoms with Crippen LogP contribution in [0.3, 0.4) is 0 Å². The number of thiophene rings is 1. The lowest BCUT2D eigenvalue weighted by Gasteiger charge is -2.07. The van der Waals surface area contributed by atoms with Gasteiger partial charge in [-0.15, -0.1) is 11.3 Å². The molecule has 2 aromatic carbocycles. The molecule has 0 fully saturated rings. The topological polar surface area (TPSA) is 42.2 Å². The van der Waals surface area contributed by atoms with E-state index < -0.39 is 17.7 Å². The van der Waals surface area contributed by atoms with Gasteiger partial charge in [-0.1, -0.05) is 17.7 Å². The standard InChI is InChI=1S/C21H16F3NO2S/c1-11-3-6-17-15(7-11)20(12(2)25(17)9-19(26)27)16-10-28-18-8-13(21(22,23)24)4-5-14(16)18/h3-8,10H,9H2,1-2H3,(H,26,27). The maximum absolute atomic E-state index is 13.0.